The van der Waals surface area contributed by atoms with Crippen LogP contribution in [0.1, 0.15) is 22.3 Å². The Hall–Kier alpha value is -2.55. The minimum Gasteiger partial charge on any atom is -0.294 e. The van der Waals surface area contributed by atoms with E-state index in [0.29, 0.717) is 6.42 Å². The Morgan fingerprint density at radius 3 is 2.60 bits per heavy atom. The van der Waals surface area contributed by atoms with Gasteiger partial charge in [-0.2, -0.15) is 0 Å². The number of Topliss-reactive ketones (excluding diaryl/α,β-unsaturated/α-hetero) is 1. The number of fused-ring (bicyclic) bond motifs is 1. The molecule has 0 unspecified atom stereocenters. The maximum Gasteiger partial charge on any atom is 0.163 e. The van der Waals surface area contributed by atoms with Gasteiger partial charge in [-0.3, -0.25) is 14.8 Å². The number of aromatic nitrogens is 2. The van der Waals surface area contributed by atoms with Crippen molar-refractivity contribution in [3.63, 3.8) is 0 Å². The van der Waals surface area contributed by atoms with Crippen LogP contribution in [0.25, 0.3) is 10.8 Å². The fraction of sp³-hybridized carbons (Fsp3) is 0.118. The van der Waals surface area contributed by atoms with Crippen molar-refractivity contribution in [2.24, 2.45) is 0 Å². The van der Waals surface area contributed by atoms with Gasteiger partial charge in [-0.05, 0) is 35.6 Å². The molecule has 0 radical (unpaired) electrons. The highest BCUT2D eigenvalue weighted by Gasteiger charge is 2.10. The van der Waals surface area contributed by atoms with E-state index >= 15 is 0 Å². The van der Waals surface area contributed by atoms with E-state index in [9.17, 15) is 4.79 Å². The van der Waals surface area contributed by atoms with Gasteiger partial charge in [-0.25, -0.2) is 0 Å². The van der Waals surface area contributed by atoms with Crippen molar-refractivity contribution in [1.82, 2.24) is 9.97 Å². The van der Waals surface area contributed by atoms with Crippen molar-refractivity contribution < 1.29 is 4.79 Å². The van der Waals surface area contributed by atoms with Gasteiger partial charge in [0, 0.05) is 42.2 Å². The van der Waals surface area contributed by atoms with Crippen LogP contribution in [0.4, 0.5) is 0 Å². The van der Waals surface area contributed by atoms with Crippen LogP contribution >= 0.6 is 0 Å². The summed E-state index contributed by atoms with van der Waals surface area (Å²) in [6, 6.07) is 11.6. The Bertz CT molecular complexity index is 733. The molecule has 0 amide bonds. The van der Waals surface area contributed by atoms with Crippen LogP contribution in [0, 0.1) is 0 Å². The predicted octanol–water partition coefficient (Wildman–Crippen LogP) is 3.45. The lowest BCUT2D eigenvalue weighted by Crippen LogP contribution is -2.02. The molecule has 20 heavy (non-hydrogen) atoms. The molecule has 3 heteroatoms. The van der Waals surface area contributed by atoms with Crippen LogP contribution in [0.3, 0.4) is 0 Å². The van der Waals surface area contributed by atoms with Crippen LogP contribution in [0.5, 0.6) is 0 Å². The average Bonchev–Trinajstić information content (AvgIpc) is 2.53. The van der Waals surface area contributed by atoms with Crippen molar-refractivity contribution in [2.45, 2.75) is 12.8 Å². The molecule has 0 saturated heterocycles. The van der Waals surface area contributed by atoms with Gasteiger partial charge in [-0.1, -0.05) is 18.2 Å². The lowest BCUT2D eigenvalue weighted by Gasteiger charge is -2.05. The zero-order valence-electron chi connectivity index (χ0n) is 11.0. The summed E-state index contributed by atoms with van der Waals surface area (Å²) < 4.78 is 0. The minimum atomic E-state index is 0.153. The van der Waals surface area contributed by atoms with Gasteiger partial charge in [0.25, 0.3) is 0 Å². The number of pyridine rings is 2. The summed E-state index contributed by atoms with van der Waals surface area (Å²) in [6.45, 7) is 0. The van der Waals surface area contributed by atoms with Crippen molar-refractivity contribution in [2.75, 3.05) is 0 Å². The molecule has 0 fully saturated rings. The highest BCUT2D eigenvalue weighted by atomic mass is 16.1. The molecule has 3 rings (SSSR count). The Balaban J connectivity index is 1.82. The molecule has 0 aliphatic heterocycles. The third-order valence-corrected chi connectivity index (χ3v) is 3.37. The van der Waals surface area contributed by atoms with Crippen LogP contribution in [0.15, 0.2) is 61.2 Å². The third kappa shape index (κ3) is 2.57. The van der Waals surface area contributed by atoms with Gasteiger partial charge >= 0.3 is 0 Å². The quantitative estimate of drug-likeness (QED) is 0.676. The van der Waals surface area contributed by atoms with Gasteiger partial charge in [0.15, 0.2) is 5.78 Å². The maximum absolute atomic E-state index is 12.4. The zero-order valence-corrected chi connectivity index (χ0v) is 11.0. The smallest absolute Gasteiger partial charge is 0.163 e. The molecule has 0 spiro atoms. The zero-order chi connectivity index (χ0) is 13.8. The van der Waals surface area contributed by atoms with Crippen molar-refractivity contribution in [3.05, 3.63) is 72.3 Å². The van der Waals surface area contributed by atoms with E-state index in [2.05, 4.69) is 9.97 Å². The van der Waals surface area contributed by atoms with Gasteiger partial charge < -0.3 is 0 Å². The fourth-order valence-electron chi connectivity index (χ4n) is 2.30. The minimum absolute atomic E-state index is 0.153. The first-order valence-electron chi connectivity index (χ1n) is 6.59. The predicted molar refractivity (Wildman–Crippen MR) is 78.6 cm³/mol. The van der Waals surface area contributed by atoms with E-state index in [1.807, 2.05) is 36.4 Å². The summed E-state index contributed by atoms with van der Waals surface area (Å²) in [6.07, 6.45) is 8.24. The largest absolute Gasteiger partial charge is 0.294 e. The molecular formula is C17H14N2O. The highest BCUT2D eigenvalue weighted by molar-refractivity contribution is 6.07. The van der Waals surface area contributed by atoms with Crippen LogP contribution in [0.2, 0.25) is 0 Å². The number of hydrogen-bond donors (Lipinski definition) is 0. The summed E-state index contributed by atoms with van der Waals surface area (Å²) in [5, 5.41) is 1.98. The molecule has 0 aliphatic rings. The molecule has 1 aromatic carbocycles. The second-order valence-electron chi connectivity index (χ2n) is 4.68. The Kier molecular flexibility index (Phi) is 3.50. The van der Waals surface area contributed by atoms with E-state index in [-0.39, 0.29) is 5.78 Å². The Morgan fingerprint density at radius 2 is 1.75 bits per heavy atom. The number of rotatable bonds is 4. The standard InChI is InChI=1S/C17H14N2O/c20-17(5-4-13-6-9-18-10-7-13)15-3-1-2-14-8-11-19-12-16(14)15/h1-3,6-12H,4-5H2. The van der Waals surface area contributed by atoms with E-state index in [1.165, 1.54) is 0 Å². The number of carbonyl (C=O) groups excluding carboxylic acids is 1. The second kappa shape index (κ2) is 5.61. The molecule has 0 bridgehead atoms. The van der Waals surface area contributed by atoms with Gasteiger partial charge in [0.05, 0.1) is 0 Å². The summed E-state index contributed by atoms with van der Waals surface area (Å²) in [7, 11) is 0. The molecule has 3 aromatic rings. The number of hydrogen-bond acceptors (Lipinski definition) is 3. The molecule has 3 nitrogen and oxygen atoms in total. The van der Waals surface area contributed by atoms with E-state index in [0.717, 1.165) is 28.3 Å². The SMILES string of the molecule is O=C(CCc1ccncc1)c1cccc2ccncc12. The second-order valence-corrected chi connectivity index (χ2v) is 4.68. The number of ketones is 1. The first kappa shape index (κ1) is 12.5. The summed E-state index contributed by atoms with van der Waals surface area (Å²) >= 11 is 0. The van der Waals surface area contributed by atoms with E-state index < -0.39 is 0 Å². The highest BCUT2D eigenvalue weighted by Crippen LogP contribution is 2.19. The lowest BCUT2D eigenvalue weighted by molar-refractivity contribution is 0.0984. The lowest BCUT2D eigenvalue weighted by atomic mass is 9.99. The topological polar surface area (TPSA) is 42.9 Å². The summed E-state index contributed by atoms with van der Waals surface area (Å²) in [5.41, 5.74) is 1.89. The molecule has 2 aromatic heterocycles. The molecule has 2 heterocycles. The van der Waals surface area contributed by atoms with E-state index in [1.54, 1.807) is 24.8 Å². The number of benzene rings is 1. The molecule has 0 atom stereocenters. The first-order chi connectivity index (χ1) is 9.84. The third-order valence-electron chi connectivity index (χ3n) is 3.37. The fourth-order valence-corrected chi connectivity index (χ4v) is 2.30. The molecular weight excluding hydrogens is 248 g/mol. The Morgan fingerprint density at radius 1 is 0.950 bits per heavy atom. The van der Waals surface area contributed by atoms with Crippen LogP contribution < -0.4 is 0 Å². The monoisotopic (exact) mass is 262 g/mol. The normalized spacial score (nSPS) is 10.6. The molecule has 0 saturated carbocycles. The Labute approximate surface area is 117 Å². The maximum atomic E-state index is 12.4. The average molecular weight is 262 g/mol. The first-order valence-corrected chi connectivity index (χ1v) is 6.59. The van der Waals surface area contributed by atoms with Crippen molar-refractivity contribution in [3.8, 4) is 0 Å². The van der Waals surface area contributed by atoms with Crippen molar-refractivity contribution >= 4 is 16.6 Å². The molecule has 0 aliphatic carbocycles. The number of aryl methyl sites for hydroxylation is 1. The van der Waals surface area contributed by atoms with Gasteiger partial charge in [-0.15, -0.1) is 0 Å². The van der Waals surface area contributed by atoms with Gasteiger partial charge in [0.1, 0.15) is 0 Å². The van der Waals surface area contributed by atoms with Crippen LogP contribution in [-0.4, -0.2) is 15.8 Å². The van der Waals surface area contributed by atoms with Crippen molar-refractivity contribution in [1.29, 1.82) is 0 Å². The molecule has 98 valence electrons. The number of carbonyl (C=O) groups is 1. The van der Waals surface area contributed by atoms with Crippen LogP contribution in [-0.2, 0) is 6.42 Å². The number of nitrogens with zero attached hydrogens (tertiary/aromatic N) is 2. The molecule has 0 N–H and O–H groups in total. The van der Waals surface area contributed by atoms with E-state index in [4.69, 9.17) is 0 Å². The summed E-state index contributed by atoms with van der Waals surface area (Å²) in [5.74, 6) is 0.153. The summed E-state index contributed by atoms with van der Waals surface area (Å²) in [4.78, 5) is 20.5. The van der Waals surface area contributed by atoms with Gasteiger partial charge in [0.2, 0.25) is 0 Å².